The minimum absolute atomic E-state index is 0.0618. The van der Waals surface area contributed by atoms with Gasteiger partial charge in [-0.15, -0.1) is 23.5 Å². The molecule has 0 unspecified atom stereocenters. The molecule has 1 aromatic carbocycles. The summed E-state index contributed by atoms with van der Waals surface area (Å²) in [5.74, 6) is 2.17. The zero-order chi connectivity index (χ0) is 17.7. The molecule has 1 aromatic rings. The number of benzene rings is 1. The molecule has 0 saturated carbocycles. The Kier molecular flexibility index (Phi) is 6.98. The van der Waals surface area contributed by atoms with E-state index in [9.17, 15) is 9.90 Å². The number of amides is 1. The highest BCUT2D eigenvalue weighted by Gasteiger charge is 2.36. The van der Waals surface area contributed by atoms with Crippen molar-refractivity contribution in [2.75, 3.05) is 30.9 Å². The Morgan fingerprint density at radius 2 is 2.08 bits per heavy atom. The number of methoxy groups -OCH3 is 1. The zero-order valence-electron chi connectivity index (χ0n) is 14.4. The number of phenols is 1. The molecule has 0 radical (unpaired) electrons. The van der Waals surface area contributed by atoms with E-state index in [-0.39, 0.29) is 23.4 Å². The summed E-state index contributed by atoms with van der Waals surface area (Å²) in [6.45, 7) is 5.03. The number of hydrogen-bond donors (Lipinski definition) is 2. The van der Waals surface area contributed by atoms with Gasteiger partial charge in [-0.1, -0.05) is 13.8 Å². The van der Waals surface area contributed by atoms with Crippen molar-refractivity contribution in [1.29, 1.82) is 0 Å². The minimum Gasteiger partial charge on any atom is -0.504 e. The molecule has 134 valence electrons. The third-order valence-electron chi connectivity index (χ3n) is 4.12. The first kappa shape index (κ1) is 19.1. The van der Waals surface area contributed by atoms with Gasteiger partial charge in [0.05, 0.1) is 23.3 Å². The van der Waals surface area contributed by atoms with Crippen LogP contribution in [0.1, 0.15) is 37.0 Å². The fourth-order valence-electron chi connectivity index (χ4n) is 3.01. The van der Waals surface area contributed by atoms with Crippen molar-refractivity contribution in [2.45, 2.75) is 37.3 Å². The first-order chi connectivity index (χ1) is 11.5. The van der Waals surface area contributed by atoms with E-state index in [0.29, 0.717) is 15.8 Å². The molecule has 1 fully saturated rings. The number of likely N-dealkylation sites (tertiary alicyclic amines) is 1. The third-order valence-corrected chi connectivity index (χ3v) is 6.89. The van der Waals surface area contributed by atoms with Crippen molar-refractivity contribution in [3.05, 3.63) is 17.7 Å². The van der Waals surface area contributed by atoms with E-state index >= 15 is 0 Å². The molecule has 3 N–H and O–H groups in total. The van der Waals surface area contributed by atoms with Gasteiger partial charge in [-0.3, -0.25) is 4.79 Å². The summed E-state index contributed by atoms with van der Waals surface area (Å²) in [7, 11) is 1.46. The molecule has 1 amide bonds. The van der Waals surface area contributed by atoms with Crippen molar-refractivity contribution >= 4 is 35.1 Å². The van der Waals surface area contributed by atoms with E-state index in [1.807, 2.05) is 28.4 Å². The van der Waals surface area contributed by atoms with E-state index in [0.717, 1.165) is 30.9 Å². The lowest BCUT2D eigenvalue weighted by Gasteiger charge is -2.31. The van der Waals surface area contributed by atoms with E-state index in [1.165, 1.54) is 19.2 Å². The predicted octanol–water partition coefficient (Wildman–Crippen LogP) is 3.42. The Morgan fingerprint density at radius 3 is 2.67 bits per heavy atom. The van der Waals surface area contributed by atoms with E-state index < -0.39 is 0 Å². The molecule has 1 saturated heterocycles. The van der Waals surface area contributed by atoms with Crippen molar-refractivity contribution in [2.24, 2.45) is 0 Å². The highest BCUT2D eigenvalue weighted by Crippen LogP contribution is 2.37. The average Bonchev–Trinajstić information content (AvgIpc) is 3.05. The molecule has 0 spiro atoms. The second-order valence-corrected chi connectivity index (χ2v) is 8.73. The first-order valence-corrected chi connectivity index (χ1v) is 10.3. The number of ether oxygens (including phenoxy) is 1. The highest BCUT2D eigenvalue weighted by atomic mass is 32.2. The van der Waals surface area contributed by atoms with Crippen LogP contribution >= 0.6 is 23.5 Å². The van der Waals surface area contributed by atoms with Gasteiger partial charge >= 0.3 is 0 Å². The molecule has 7 heteroatoms. The Balaban J connectivity index is 2.26. The number of anilines is 1. The van der Waals surface area contributed by atoms with Crippen LogP contribution in [0.5, 0.6) is 11.5 Å². The maximum atomic E-state index is 13.0. The number of carbonyl (C=O) groups excluding carboxylic acids is 1. The predicted molar refractivity (Wildman–Crippen MR) is 103 cm³/mol. The van der Waals surface area contributed by atoms with Crippen LogP contribution in [0.2, 0.25) is 0 Å². The van der Waals surface area contributed by atoms with Crippen LogP contribution in [0.15, 0.2) is 12.1 Å². The van der Waals surface area contributed by atoms with Gasteiger partial charge in [0.2, 0.25) is 0 Å². The molecule has 1 aliphatic heterocycles. The van der Waals surface area contributed by atoms with Crippen molar-refractivity contribution in [1.82, 2.24) is 4.90 Å². The average molecular weight is 371 g/mol. The summed E-state index contributed by atoms with van der Waals surface area (Å²) in [6, 6.07) is 3.13. The van der Waals surface area contributed by atoms with Crippen LogP contribution in [0.25, 0.3) is 0 Å². The summed E-state index contributed by atoms with van der Waals surface area (Å²) >= 11 is 3.79. The summed E-state index contributed by atoms with van der Waals surface area (Å²) in [4.78, 5) is 14.9. The van der Waals surface area contributed by atoms with Crippen LogP contribution in [-0.4, -0.2) is 51.7 Å². The summed E-state index contributed by atoms with van der Waals surface area (Å²) in [6.07, 6.45) is 2.02. The number of hydrogen-bond acceptors (Lipinski definition) is 6. The molecule has 24 heavy (non-hydrogen) atoms. The fraction of sp³-hybridized carbons (Fsp3) is 0.588. The van der Waals surface area contributed by atoms with Gasteiger partial charge in [0.25, 0.3) is 5.91 Å². The molecule has 1 heterocycles. The number of nitrogens with zero attached hydrogens (tertiary/aromatic N) is 1. The van der Waals surface area contributed by atoms with Crippen LogP contribution in [-0.2, 0) is 0 Å². The quantitative estimate of drug-likeness (QED) is 0.435. The highest BCUT2D eigenvalue weighted by molar-refractivity contribution is 8.17. The smallest absolute Gasteiger partial charge is 0.256 e. The number of thioether (sulfide) groups is 2. The standard InChI is InChI=1S/C17H26N2O3S2/c1-4-23-17(24-5-2)13-7-6-8-19(13)16(21)11-9-14(20)15(22-3)10-12(11)18/h9-10,13,17,20H,4-8,18H2,1-3H3/t13-/m0/s1. The topological polar surface area (TPSA) is 75.8 Å². The van der Waals surface area contributed by atoms with Gasteiger partial charge < -0.3 is 20.5 Å². The molecule has 1 atom stereocenters. The number of phenolic OH excluding ortho intramolecular Hbond substituents is 1. The monoisotopic (exact) mass is 370 g/mol. The lowest BCUT2D eigenvalue weighted by molar-refractivity contribution is 0.0746. The fourth-order valence-corrected chi connectivity index (χ4v) is 5.88. The van der Waals surface area contributed by atoms with E-state index in [2.05, 4.69) is 13.8 Å². The van der Waals surface area contributed by atoms with Crippen molar-refractivity contribution < 1.29 is 14.6 Å². The minimum atomic E-state index is -0.105. The number of nitrogen functional groups attached to an aromatic ring is 1. The van der Waals surface area contributed by atoms with Crippen LogP contribution in [0.4, 0.5) is 5.69 Å². The molecular formula is C17H26N2O3S2. The molecule has 2 rings (SSSR count). The Bertz CT molecular complexity index is 577. The maximum Gasteiger partial charge on any atom is 0.256 e. The van der Waals surface area contributed by atoms with Crippen LogP contribution in [0.3, 0.4) is 0 Å². The van der Waals surface area contributed by atoms with Crippen LogP contribution < -0.4 is 10.5 Å². The Labute approximate surface area is 152 Å². The maximum absolute atomic E-state index is 13.0. The molecule has 0 aliphatic carbocycles. The largest absolute Gasteiger partial charge is 0.504 e. The second kappa shape index (κ2) is 8.76. The summed E-state index contributed by atoms with van der Waals surface area (Å²) in [5.41, 5.74) is 6.71. The van der Waals surface area contributed by atoms with Crippen LogP contribution in [0, 0.1) is 0 Å². The van der Waals surface area contributed by atoms with Gasteiger partial charge in [0, 0.05) is 18.3 Å². The molecular weight excluding hydrogens is 344 g/mol. The van der Waals surface area contributed by atoms with E-state index in [1.54, 1.807) is 0 Å². The van der Waals surface area contributed by atoms with Gasteiger partial charge in [-0.25, -0.2) is 0 Å². The van der Waals surface area contributed by atoms with Crippen molar-refractivity contribution in [3.8, 4) is 11.5 Å². The molecule has 5 nitrogen and oxygen atoms in total. The second-order valence-electron chi connectivity index (χ2n) is 5.60. The van der Waals surface area contributed by atoms with Gasteiger partial charge in [-0.05, 0) is 30.4 Å². The van der Waals surface area contributed by atoms with Gasteiger partial charge in [-0.2, -0.15) is 0 Å². The first-order valence-electron chi connectivity index (χ1n) is 8.24. The lowest BCUT2D eigenvalue weighted by atomic mass is 10.1. The van der Waals surface area contributed by atoms with Gasteiger partial charge in [0.1, 0.15) is 0 Å². The zero-order valence-corrected chi connectivity index (χ0v) is 16.1. The van der Waals surface area contributed by atoms with E-state index in [4.69, 9.17) is 10.5 Å². The SMILES string of the molecule is CCSC(SCC)[C@@H]1CCCN1C(=O)c1cc(O)c(OC)cc1N. The summed E-state index contributed by atoms with van der Waals surface area (Å²) < 4.78 is 5.42. The number of carbonyl (C=O) groups is 1. The number of nitrogens with two attached hydrogens (primary N) is 1. The number of aromatic hydroxyl groups is 1. The Hall–Kier alpha value is -1.21. The molecule has 0 aromatic heterocycles. The van der Waals surface area contributed by atoms with Crippen molar-refractivity contribution in [3.63, 3.8) is 0 Å². The third kappa shape index (κ3) is 4.06. The number of rotatable bonds is 7. The lowest BCUT2D eigenvalue weighted by Crippen LogP contribution is -2.41. The normalized spacial score (nSPS) is 17.5. The summed E-state index contributed by atoms with van der Waals surface area (Å²) in [5, 5.41) is 9.99. The Morgan fingerprint density at radius 1 is 1.42 bits per heavy atom. The molecule has 1 aliphatic rings. The van der Waals surface area contributed by atoms with Gasteiger partial charge in [0.15, 0.2) is 11.5 Å². The molecule has 0 bridgehead atoms.